The number of benzene rings is 28. The Balaban J connectivity index is 0.0000000894. The van der Waals surface area contributed by atoms with Crippen LogP contribution in [0.3, 0.4) is 0 Å². The number of fused-ring (bicyclic) bond motifs is 17. The minimum Gasteiger partial charge on any atom is -0.0622 e. The molecular weight excluding hydrogens is 1540 g/mol. The van der Waals surface area contributed by atoms with E-state index in [0.717, 1.165) is 0 Å². The summed E-state index contributed by atoms with van der Waals surface area (Å²) < 4.78 is 0. The summed E-state index contributed by atoms with van der Waals surface area (Å²) in [5, 5.41) is 48.1. The largest absolute Gasteiger partial charge is 0.0622 e. The summed E-state index contributed by atoms with van der Waals surface area (Å²) in [5.74, 6) is 0. The quantitative estimate of drug-likeness (QED) is 0.120. The van der Waals surface area contributed by atoms with Crippen LogP contribution < -0.4 is 0 Å². The summed E-state index contributed by atoms with van der Waals surface area (Å²) in [5.41, 5.74) is 5.09. The first-order chi connectivity index (χ1) is 63.5. The van der Waals surface area contributed by atoms with Crippen molar-refractivity contribution in [3.63, 3.8) is 0 Å². The van der Waals surface area contributed by atoms with E-state index < -0.39 is 0 Å². The highest BCUT2D eigenvalue weighted by Gasteiger charge is 2.14. The van der Waals surface area contributed by atoms with Crippen LogP contribution in [-0.2, 0) is 0 Å². The second-order valence-corrected chi connectivity index (χ2v) is 32.8. The van der Waals surface area contributed by atoms with E-state index in [1.165, 1.54) is 216 Å². The van der Waals surface area contributed by atoms with Gasteiger partial charge in [0.15, 0.2) is 0 Å². The summed E-state index contributed by atoms with van der Waals surface area (Å²) in [4.78, 5) is 0. The Kier molecular flexibility index (Phi) is 22.1. The van der Waals surface area contributed by atoms with Gasteiger partial charge in [0.1, 0.15) is 0 Å². The first kappa shape index (κ1) is 78.6. The third-order valence-electron chi connectivity index (χ3n) is 25.0. The van der Waals surface area contributed by atoms with E-state index in [9.17, 15) is 0 Å². The molecule has 28 aromatic carbocycles. The smallest absolute Gasteiger partial charge is 0.00264 e. The normalized spacial score (nSPS) is 11.1. The van der Waals surface area contributed by atoms with Crippen molar-refractivity contribution in [2.24, 2.45) is 0 Å². The number of rotatable bonds is 2. The fraction of sp³-hybridized carbons (Fsp3) is 0. The van der Waals surface area contributed by atoms with Gasteiger partial charge >= 0.3 is 0 Å². The molecule has 0 aromatic heterocycles. The van der Waals surface area contributed by atoms with Crippen molar-refractivity contribution < 1.29 is 0 Å². The maximum Gasteiger partial charge on any atom is -0.00264 e. The number of hydrogen-bond acceptors (Lipinski definition) is 0. The molecule has 0 radical (unpaired) electrons. The molecule has 0 amide bonds. The standard InChI is InChI=1S/C20H12.2C18H12.C18H14.C16H10.2C14H10.C10H8/c1-5-13-6-2-11-17-18-12-4-8-14-7-3-10-16(20(14)18)15(9-1)19(13)17;1-2-8-14-13(7-1)15-9-3-4-11-17(15)18-12-6-5-10-16(14)18;1-2-6-14-10-18-12-16-8-4-3-7-15(16)11-17(18)9-13(14)5-1;1-3-9-15(10-4-1)17-13-7-8-14-18(17)16-11-5-2-6-12-16;1-3-11-7-9-13-5-2-6-14-10-8-12(4-1)15(11)16(13)14;1-3-7-13-11(5-1)9-10-12-6-2-4-8-14(12)13;1-2-6-12-10-14-8-4-3-7-13(14)9-11(12)5-1;1-2-6-10-8-4-3-7-9(10)5-1/h1-12H;2*1-12H;1-14H;1-10H;2*1-10H;1-8H. The fourth-order valence-electron chi connectivity index (χ4n) is 18.9. The Bertz CT molecular complexity index is 7870. The molecule has 0 unspecified atom stereocenters. The molecule has 0 nitrogen and oxygen atoms in total. The molecule has 0 aliphatic heterocycles. The second-order valence-electron chi connectivity index (χ2n) is 32.8. The summed E-state index contributed by atoms with van der Waals surface area (Å²) in [6, 6.07) is 190. The predicted octanol–water partition coefficient (Wildman–Crippen LogP) is 36.5. The Morgan fingerprint density at radius 2 is 0.242 bits per heavy atom. The van der Waals surface area contributed by atoms with Gasteiger partial charge in [0.25, 0.3) is 0 Å². The molecule has 0 heteroatoms. The monoisotopic (exact) mass is 1620 g/mol. The molecule has 0 atom stereocenters. The van der Waals surface area contributed by atoms with Crippen LogP contribution in [0.4, 0.5) is 0 Å². The molecule has 0 saturated carbocycles. The zero-order valence-corrected chi connectivity index (χ0v) is 70.8. The van der Waals surface area contributed by atoms with Crippen LogP contribution in [0.2, 0.25) is 0 Å². The van der Waals surface area contributed by atoms with Crippen LogP contribution in [0.1, 0.15) is 0 Å². The van der Waals surface area contributed by atoms with Crippen molar-refractivity contribution in [1.82, 2.24) is 0 Å². The number of hydrogen-bond donors (Lipinski definition) is 0. The van der Waals surface area contributed by atoms with Crippen molar-refractivity contribution in [2.45, 2.75) is 0 Å². The summed E-state index contributed by atoms with van der Waals surface area (Å²) in [6.07, 6.45) is 0. The van der Waals surface area contributed by atoms with Crippen LogP contribution in [0.25, 0.3) is 216 Å². The fourth-order valence-corrected chi connectivity index (χ4v) is 18.9. The zero-order chi connectivity index (χ0) is 85.3. The van der Waals surface area contributed by atoms with Gasteiger partial charge in [0, 0.05) is 0 Å². The Morgan fingerprint density at radius 1 is 0.0781 bits per heavy atom. The van der Waals surface area contributed by atoms with Gasteiger partial charge < -0.3 is 0 Å². The molecule has 128 heavy (non-hydrogen) atoms. The molecule has 0 aliphatic rings. The van der Waals surface area contributed by atoms with E-state index in [2.05, 4.69) is 534 Å². The predicted molar refractivity (Wildman–Crippen MR) is 560 cm³/mol. The van der Waals surface area contributed by atoms with Gasteiger partial charge in [-0.25, -0.2) is 0 Å². The molecule has 0 heterocycles. The van der Waals surface area contributed by atoms with Crippen LogP contribution in [-0.4, -0.2) is 0 Å². The van der Waals surface area contributed by atoms with Gasteiger partial charge in [-0.2, -0.15) is 0 Å². The highest BCUT2D eigenvalue weighted by Crippen LogP contribution is 2.42. The van der Waals surface area contributed by atoms with E-state index in [4.69, 9.17) is 0 Å². The Morgan fingerprint density at radius 3 is 0.500 bits per heavy atom. The van der Waals surface area contributed by atoms with Gasteiger partial charge in [0.2, 0.25) is 0 Å². The molecule has 28 rings (SSSR count). The average molecular weight is 1630 g/mol. The summed E-state index contributed by atoms with van der Waals surface area (Å²) in [6.45, 7) is 0. The maximum atomic E-state index is 2.27. The van der Waals surface area contributed by atoms with E-state index >= 15 is 0 Å². The second kappa shape index (κ2) is 36.0. The molecule has 0 saturated heterocycles. The molecule has 0 N–H and O–H groups in total. The highest BCUT2D eigenvalue weighted by molar-refractivity contribution is 6.33. The molecule has 0 fully saturated rings. The van der Waals surface area contributed by atoms with Gasteiger partial charge in [-0.15, -0.1) is 0 Å². The molecule has 0 spiro atoms. The Labute approximate surface area is 744 Å². The first-order valence-electron chi connectivity index (χ1n) is 44.2. The van der Waals surface area contributed by atoms with E-state index in [0.29, 0.717) is 0 Å². The van der Waals surface area contributed by atoms with Crippen molar-refractivity contribution in [3.8, 4) is 22.3 Å². The molecular formula is C128H88. The third kappa shape index (κ3) is 16.1. The summed E-state index contributed by atoms with van der Waals surface area (Å²) >= 11 is 0. The molecule has 600 valence electrons. The lowest BCUT2D eigenvalue weighted by molar-refractivity contribution is 1.58. The van der Waals surface area contributed by atoms with Crippen LogP contribution in [0.15, 0.2) is 534 Å². The van der Waals surface area contributed by atoms with Crippen LogP contribution in [0.5, 0.6) is 0 Å². The van der Waals surface area contributed by atoms with Crippen molar-refractivity contribution >= 4 is 194 Å². The van der Waals surface area contributed by atoms with Gasteiger partial charge in [-0.1, -0.05) is 497 Å². The molecule has 28 aromatic rings. The van der Waals surface area contributed by atoms with Gasteiger partial charge in [0.05, 0.1) is 0 Å². The first-order valence-corrected chi connectivity index (χ1v) is 44.2. The van der Waals surface area contributed by atoms with Crippen molar-refractivity contribution in [3.05, 3.63) is 534 Å². The Hall–Kier alpha value is -16.6. The highest BCUT2D eigenvalue weighted by atomic mass is 14.2. The lowest BCUT2D eigenvalue weighted by Crippen LogP contribution is -1.85. The third-order valence-corrected chi connectivity index (χ3v) is 25.0. The topological polar surface area (TPSA) is 0 Å². The lowest BCUT2D eigenvalue weighted by atomic mass is 9.90. The molecule has 0 bridgehead atoms. The van der Waals surface area contributed by atoms with Gasteiger partial charge in [-0.05, 0) is 253 Å². The summed E-state index contributed by atoms with van der Waals surface area (Å²) in [7, 11) is 0. The van der Waals surface area contributed by atoms with Crippen molar-refractivity contribution in [1.29, 1.82) is 0 Å². The minimum absolute atomic E-state index is 1.26. The average Bonchev–Trinajstić information content (AvgIpc) is 0.719. The lowest BCUT2D eigenvalue weighted by Gasteiger charge is -2.13. The van der Waals surface area contributed by atoms with E-state index in [1.807, 2.05) is 0 Å². The van der Waals surface area contributed by atoms with E-state index in [1.54, 1.807) is 0 Å². The van der Waals surface area contributed by atoms with Crippen molar-refractivity contribution in [2.75, 3.05) is 0 Å². The maximum absolute atomic E-state index is 2.27. The SMILES string of the molecule is c1cc2ccc3cccc4ccc(c1)c2c34.c1cc2cccc3c4cccc5cccc(c(c1)c23)c54.c1ccc(-c2ccccc2-c2ccccc2)cc1.c1ccc2c(c1)c1ccccc1c1ccccc21.c1ccc2c(c1)ccc1ccccc12.c1ccc2cc3cc4ccccc4cc3cc2c1.c1ccc2cc3ccccc3cc2c1.c1ccc2ccccc2c1. The minimum atomic E-state index is 1.26. The van der Waals surface area contributed by atoms with E-state index in [-0.39, 0.29) is 0 Å². The molecule has 0 aliphatic carbocycles. The van der Waals surface area contributed by atoms with Crippen LogP contribution >= 0.6 is 0 Å². The van der Waals surface area contributed by atoms with Crippen LogP contribution in [0, 0.1) is 0 Å². The van der Waals surface area contributed by atoms with Gasteiger partial charge in [-0.3, -0.25) is 0 Å². The zero-order valence-electron chi connectivity index (χ0n) is 70.8.